The molecule has 1 aromatic heterocycles. The van der Waals surface area contributed by atoms with E-state index in [1.54, 1.807) is 0 Å². The van der Waals surface area contributed by atoms with Crippen molar-refractivity contribution in [1.29, 1.82) is 0 Å². The molecule has 0 spiro atoms. The molecule has 0 radical (unpaired) electrons. The van der Waals surface area contributed by atoms with E-state index in [0.29, 0.717) is 17.9 Å². The maximum Gasteiger partial charge on any atom is 0.272 e. The van der Waals surface area contributed by atoms with Crippen LogP contribution in [0.1, 0.15) is 36.5 Å². The minimum absolute atomic E-state index is 0.161. The van der Waals surface area contributed by atoms with E-state index in [2.05, 4.69) is 22.2 Å². The monoisotopic (exact) mass is 276 g/mol. The number of rotatable bonds is 3. The van der Waals surface area contributed by atoms with Crippen LogP contribution in [0.15, 0.2) is 6.07 Å². The molecule has 0 bridgehead atoms. The van der Waals surface area contributed by atoms with Gasteiger partial charge in [-0.25, -0.2) is 0 Å². The lowest BCUT2D eigenvalue weighted by Crippen LogP contribution is -2.40. The Labute approximate surface area is 120 Å². The summed E-state index contributed by atoms with van der Waals surface area (Å²) in [5.41, 5.74) is 1.67. The van der Waals surface area contributed by atoms with Crippen LogP contribution in [0.5, 0.6) is 0 Å². The Balaban J connectivity index is 1.86. The highest BCUT2D eigenvalue weighted by atomic mass is 16.2. The molecule has 2 aliphatic rings. The van der Waals surface area contributed by atoms with E-state index in [9.17, 15) is 4.79 Å². The van der Waals surface area contributed by atoms with Gasteiger partial charge in [0, 0.05) is 32.2 Å². The lowest BCUT2D eigenvalue weighted by molar-refractivity contribution is 0.0699. The predicted molar refractivity (Wildman–Crippen MR) is 77.6 cm³/mol. The number of amides is 1. The van der Waals surface area contributed by atoms with Crippen LogP contribution in [-0.2, 0) is 6.54 Å². The maximum absolute atomic E-state index is 12.9. The quantitative estimate of drug-likeness (QED) is 0.905. The highest BCUT2D eigenvalue weighted by molar-refractivity contribution is 5.93. The summed E-state index contributed by atoms with van der Waals surface area (Å²) in [4.78, 5) is 15.0. The van der Waals surface area contributed by atoms with Crippen molar-refractivity contribution in [3.05, 3.63) is 17.5 Å². The first-order chi connectivity index (χ1) is 9.65. The minimum atomic E-state index is 0.161. The summed E-state index contributed by atoms with van der Waals surface area (Å²) in [5.74, 6) is 1.42. The van der Waals surface area contributed by atoms with Crippen molar-refractivity contribution in [3.8, 4) is 0 Å². The van der Waals surface area contributed by atoms with Gasteiger partial charge in [-0.15, -0.1) is 0 Å². The maximum atomic E-state index is 12.9. The standard InChI is InChI=1S/C15H24N4O/c1-4-13-12-8-16-7-11(12)9-18(13)15(20)14-6-10(3)17-19(14)5-2/h6,11-13,16H,4-5,7-9H2,1-3H3. The molecule has 3 unspecified atom stereocenters. The van der Waals surface area contributed by atoms with Gasteiger partial charge >= 0.3 is 0 Å². The van der Waals surface area contributed by atoms with Gasteiger partial charge in [0.05, 0.1) is 5.69 Å². The molecular weight excluding hydrogens is 252 g/mol. The molecule has 3 heterocycles. The fraction of sp³-hybridized carbons (Fsp3) is 0.733. The highest BCUT2D eigenvalue weighted by Gasteiger charge is 2.45. The van der Waals surface area contributed by atoms with Crippen molar-refractivity contribution in [2.75, 3.05) is 19.6 Å². The first kappa shape index (κ1) is 13.6. The third kappa shape index (κ3) is 2.04. The summed E-state index contributed by atoms with van der Waals surface area (Å²) in [7, 11) is 0. The second-order valence-electron chi connectivity index (χ2n) is 6.00. The topological polar surface area (TPSA) is 50.2 Å². The molecule has 2 aliphatic heterocycles. The molecule has 1 amide bonds. The van der Waals surface area contributed by atoms with Crippen LogP contribution in [0.25, 0.3) is 0 Å². The summed E-state index contributed by atoms with van der Waals surface area (Å²) in [6.07, 6.45) is 1.04. The van der Waals surface area contributed by atoms with E-state index >= 15 is 0 Å². The van der Waals surface area contributed by atoms with E-state index < -0.39 is 0 Å². The Morgan fingerprint density at radius 3 is 2.95 bits per heavy atom. The van der Waals surface area contributed by atoms with Gasteiger partial charge in [0.15, 0.2) is 0 Å². The summed E-state index contributed by atoms with van der Waals surface area (Å²) >= 11 is 0. The average Bonchev–Trinajstić information content (AvgIpc) is 3.10. The van der Waals surface area contributed by atoms with Gasteiger partial charge in [-0.1, -0.05) is 6.92 Å². The molecule has 3 atom stereocenters. The molecule has 5 nitrogen and oxygen atoms in total. The SMILES string of the molecule is CCC1C2CNCC2CN1C(=O)c1cc(C)nn1CC. The number of carbonyl (C=O) groups excluding carboxylic acids is 1. The Kier molecular flexibility index (Phi) is 3.54. The van der Waals surface area contributed by atoms with Crippen LogP contribution in [0, 0.1) is 18.8 Å². The number of likely N-dealkylation sites (tertiary alicyclic amines) is 1. The molecule has 3 rings (SSSR count). The number of hydrogen-bond donors (Lipinski definition) is 1. The third-order valence-electron chi connectivity index (χ3n) is 4.82. The van der Waals surface area contributed by atoms with Crippen molar-refractivity contribution in [2.24, 2.45) is 11.8 Å². The van der Waals surface area contributed by atoms with Crippen molar-refractivity contribution < 1.29 is 4.79 Å². The van der Waals surface area contributed by atoms with Crippen LogP contribution in [0.2, 0.25) is 0 Å². The van der Waals surface area contributed by atoms with Crippen LogP contribution >= 0.6 is 0 Å². The van der Waals surface area contributed by atoms with Crippen molar-refractivity contribution in [3.63, 3.8) is 0 Å². The Morgan fingerprint density at radius 1 is 1.45 bits per heavy atom. The Morgan fingerprint density at radius 2 is 2.25 bits per heavy atom. The molecule has 0 saturated carbocycles. The lowest BCUT2D eigenvalue weighted by atomic mass is 9.93. The van der Waals surface area contributed by atoms with E-state index in [0.717, 1.165) is 44.0 Å². The summed E-state index contributed by atoms with van der Waals surface area (Å²) < 4.78 is 1.83. The lowest BCUT2D eigenvalue weighted by Gasteiger charge is -2.27. The molecule has 2 saturated heterocycles. The third-order valence-corrected chi connectivity index (χ3v) is 4.82. The first-order valence-electron chi connectivity index (χ1n) is 7.71. The molecule has 1 N–H and O–H groups in total. The number of nitrogens with one attached hydrogen (secondary N) is 1. The van der Waals surface area contributed by atoms with Gasteiger partial charge in [0.25, 0.3) is 5.91 Å². The zero-order valence-corrected chi connectivity index (χ0v) is 12.6. The van der Waals surface area contributed by atoms with Gasteiger partial charge in [0.1, 0.15) is 5.69 Å². The van der Waals surface area contributed by atoms with Crippen molar-refractivity contribution in [2.45, 2.75) is 39.8 Å². The molecule has 0 aromatic carbocycles. The Hall–Kier alpha value is -1.36. The molecule has 110 valence electrons. The fourth-order valence-electron chi connectivity index (χ4n) is 3.89. The van der Waals surface area contributed by atoms with E-state index in [-0.39, 0.29) is 5.91 Å². The molecular formula is C15H24N4O. The van der Waals surface area contributed by atoms with Gasteiger partial charge in [-0.2, -0.15) is 5.10 Å². The largest absolute Gasteiger partial charge is 0.334 e. The molecule has 2 fully saturated rings. The number of fused-ring (bicyclic) bond motifs is 1. The number of nitrogens with zero attached hydrogens (tertiary/aromatic N) is 3. The first-order valence-corrected chi connectivity index (χ1v) is 7.71. The smallest absolute Gasteiger partial charge is 0.272 e. The number of hydrogen-bond acceptors (Lipinski definition) is 3. The van der Waals surface area contributed by atoms with Crippen LogP contribution in [0.3, 0.4) is 0 Å². The predicted octanol–water partition coefficient (Wildman–Crippen LogP) is 1.28. The minimum Gasteiger partial charge on any atom is -0.334 e. The van der Waals surface area contributed by atoms with E-state index in [4.69, 9.17) is 0 Å². The summed E-state index contributed by atoms with van der Waals surface area (Å²) in [6.45, 7) is 9.91. The number of aryl methyl sites for hydroxylation is 2. The molecule has 1 aromatic rings. The zero-order valence-electron chi connectivity index (χ0n) is 12.6. The second-order valence-corrected chi connectivity index (χ2v) is 6.00. The second kappa shape index (κ2) is 5.20. The van der Waals surface area contributed by atoms with Crippen molar-refractivity contribution in [1.82, 2.24) is 20.0 Å². The summed E-state index contributed by atoms with van der Waals surface area (Å²) in [6, 6.07) is 2.30. The highest BCUT2D eigenvalue weighted by Crippen LogP contribution is 2.35. The van der Waals surface area contributed by atoms with E-state index in [1.165, 1.54) is 0 Å². The molecule has 20 heavy (non-hydrogen) atoms. The van der Waals surface area contributed by atoms with Crippen LogP contribution in [-0.4, -0.2) is 46.3 Å². The average molecular weight is 276 g/mol. The summed E-state index contributed by atoms with van der Waals surface area (Å²) in [5, 5.41) is 7.86. The van der Waals surface area contributed by atoms with Crippen molar-refractivity contribution >= 4 is 5.91 Å². The molecule has 0 aliphatic carbocycles. The normalized spacial score (nSPS) is 28.9. The zero-order chi connectivity index (χ0) is 14.3. The van der Waals surface area contributed by atoms with Gasteiger partial charge in [-0.3, -0.25) is 9.48 Å². The fourth-order valence-corrected chi connectivity index (χ4v) is 3.89. The van der Waals surface area contributed by atoms with Gasteiger partial charge in [-0.05, 0) is 38.2 Å². The number of aromatic nitrogens is 2. The van der Waals surface area contributed by atoms with Gasteiger partial charge < -0.3 is 10.2 Å². The van der Waals surface area contributed by atoms with Crippen LogP contribution < -0.4 is 5.32 Å². The molecule has 5 heteroatoms. The Bertz CT molecular complexity index is 510. The van der Waals surface area contributed by atoms with E-state index in [1.807, 2.05) is 24.6 Å². The number of carbonyl (C=O) groups is 1. The van der Waals surface area contributed by atoms with Gasteiger partial charge in [0.2, 0.25) is 0 Å². The van der Waals surface area contributed by atoms with Crippen LogP contribution in [0.4, 0.5) is 0 Å².